The van der Waals surface area contributed by atoms with Gasteiger partial charge in [-0.2, -0.15) is 0 Å². The van der Waals surface area contributed by atoms with Gasteiger partial charge < -0.3 is 15.0 Å². The first-order chi connectivity index (χ1) is 8.25. The zero-order valence-electron chi connectivity index (χ0n) is 10.3. The fraction of sp³-hybridized carbons (Fsp3) is 0.429. The lowest BCUT2D eigenvalue weighted by Gasteiger charge is -2.29. The van der Waals surface area contributed by atoms with Crippen LogP contribution in [-0.4, -0.2) is 24.2 Å². The van der Waals surface area contributed by atoms with Crippen LogP contribution < -0.4 is 5.32 Å². The molecule has 1 aliphatic heterocycles. The lowest BCUT2D eigenvalue weighted by atomic mass is 10.0. The molecule has 2 heterocycles. The van der Waals surface area contributed by atoms with Crippen molar-refractivity contribution >= 4 is 10.9 Å². The summed E-state index contributed by atoms with van der Waals surface area (Å²) in [5, 5.41) is 4.71. The maximum absolute atomic E-state index is 6.04. The van der Waals surface area contributed by atoms with E-state index in [1.807, 2.05) is 0 Å². The number of hydrogen-bond acceptors (Lipinski definition) is 2. The third kappa shape index (κ3) is 1.85. The Morgan fingerprint density at radius 3 is 2.88 bits per heavy atom. The summed E-state index contributed by atoms with van der Waals surface area (Å²) >= 11 is 0. The molecular weight excluding hydrogens is 212 g/mol. The van der Waals surface area contributed by atoms with Gasteiger partial charge in [0.25, 0.3) is 0 Å². The van der Waals surface area contributed by atoms with E-state index in [4.69, 9.17) is 4.74 Å². The minimum absolute atomic E-state index is 0.162. The van der Waals surface area contributed by atoms with E-state index < -0.39 is 0 Å². The Hall–Kier alpha value is -1.32. The van der Waals surface area contributed by atoms with Crippen LogP contribution in [0.5, 0.6) is 0 Å². The van der Waals surface area contributed by atoms with Crippen molar-refractivity contribution in [2.75, 3.05) is 13.1 Å². The second kappa shape index (κ2) is 4.17. The van der Waals surface area contributed by atoms with Crippen LogP contribution in [0.3, 0.4) is 0 Å². The van der Waals surface area contributed by atoms with Gasteiger partial charge in [0.2, 0.25) is 0 Å². The number of rotatable bonds is 1. The summed E-state index contributed by atoms with van der Waals surface area (Å²) in [4.78, 5) is 3.43. The largest absolute Gasteiger partial charge is 0.368 e. The van der Waals surface area contributed by atoms with Crippen LogP contribution in [0.15, 0.2) is 24.3 Å². The molecule has 2 unspecified atom stereocenters. The molecule has 90 valence electrons. The molecule has 17 heavy (non-hydrogen) atoms. The van der Waals surface area contributed by atoms with Crippen LogP contribution in [-0.2, 0) is 4.74 Å². The monoisotopic (exact) mass is 230 g/mol. The molecule has 3 nitrogen and oxygen atoms in total. The standard InChI is InChI=1S/C14H18N2O/c1-9-7-15-8-13(17-9)14-10(2)16-12-6-4-3-5-11(12)14/h3-6,9,13,15-16H,7-8H2,1-2H3. The van der Waals surface area contributed by atoms with E-state index in [1.165, 1.54) is 22.2 Å². The highest BCUT2D eigenvalue weighted by Crippen LogP contribution is 2.31. The van der Waals surface area contributed by atoms with Gasteiger partial charge in [0, 0.05) is 35.2 Å². The van der Waals surface area contributed by atoms with Crippen molar-refractivity contribution in [3.05, 3.63) is 35.5 Å². The van der Waals surface area contributed by atoms with Gasteiger partial charge in [0.1, 0.15) is 0 Å². The van der Waals surface area contributed by atoms with E-state index in [-0.39, 0.29) is 12.2 Å². The number of aryl methyl sites for hydroxylation is 1. The molecule has 1 aromatic heterocycles. The van der Waals surface area contributed by atoms with Crippen LogP contribution >= 0.6 is 0 Å². The van der Waals surface area contributed by atoms with Gasteiger partial charge in [-0.25, -0.2) is 0 Å². The van der Waals surface area contributed by atoms with E-state index in [1.54, 1.807) is 0 Å². The SMILES string of the molecule is Cc1[nH]c2ccccc2c1C1CNCC(C)O1. The molecule has 3 rings (SSSR count). The first kappa shape index (κ1) is 10.8. The highest BCUT2D eigenvalue weighted by atomic mass is 16.5. The molecule has 0 spiro atoms. The molecule has 1 fully saturated rings. The Bertz CT molecular complexity index is 532. The summed E-state index contributed by atoms with van der Waals surface area (Å²) in [5.74, 6) is 0. The molecule has 2 N–H and O–H groups in total. The lowest BCUT2D eigenvalue weighted by Crippen LogP contribution is -2.39. The number of morpholine rings is 1. The maximum atomic E-state index is 6.04. The van der Waals surface area contributed by atoms with Crippen LogP contribution in [0.2, 0.25) is 0 Å². The third-order valence-corrected chi connectivity index (χ3v) is 3.42. The molecule has 1 aromatic carbocycles. The van der Waals surface area contributed by atoms with Crippen molar-refractivity contribution in [1.82, 2.24) is 10.3 Å². The first-order valence-electron chi connectivity index (χ1n) is 6.19. The molecule has 3 heteroatoms. The van der Waals surface area contributed by atoms with Gasteiger partial charge in [0.15, 0.2) is 0 Å². The predicted octanol–water partition coefficient (Wildman–Crippen LogP) is 2.53. The van der Waals surface area contributed by atoms with Gasteiger partial charge in [0.05, 0.1) is 12.2 Å². The zero-order chi connectivity index (χ0) is 11.8. The van der Waals surface area contributed by atoms with Gasteiger partial charge in [-0.15, -0.1) is 0 Å². The highest BCUT2D eigenvalue weighted by Gasteiger charge is 2.24. The van der Waals surface area contributed by atoms with Crippen LogP contribution in [0, 0.1) is 6.92 Å². The topological polar surface area (TPSA) is 37.0 Å². The number of aromatic nitrogens is 1. The van der Waals surface area contributed by atoms with Gasteiger partial charge in [-0.05, 0) is 19.9 Å². The number of ether oxygens (including phenoxy) is 1. The fourth-order valence-electron chi connectivity index (χ4n) is 2.68. The molecule has 0 aliphatic carbocycles. The number of para-hydroxylation sites is 1. The van der Waals surface area contributed by atoms with Crippen molar-refractivity contribution in [2.24, 2.45) is 0 Å². The van der Waals surface area contributed by atoms with Crippen molar-refractivity contribution in [3.63, 3.8) is 0 Å². The Morgan fingerprint density at radius 2 is 2.06 bits per heavy atom. The smallest absolute Gasteiger partial charge is 0.0976 e. The summed E-state index contributed by atoms with van der Waals surface area (Å²) < 4.78 is 6.04. The molecular formula is C14H18N2O. The van der Waals surface area contributed by atoms with Gasteiger partial charge in [-0.3, -0.25) is 0 Å². The van der Waals surface area contributed by atoms with E-state index >= 15 is 0 Å². The summed E-state index contributed by atoms with van der Waals surface area (Å²) in [7, 11) is 0. The second-order valence-corrected chi connectivity index (χ2v) is 4.80. The number of aromatic amines is 1. The number of benzene rings is 1. The maximum Gasteiger partial charge on any atom is 0.0976 e. The molecule has 0 saturated carbocycles. The quantitative estimate of drug-likeness (QED) is 0.790. The predicted molar refractivity (Wildman–Crippen MR) is 69.2 cm³/mol. The molecule has 1 saturated heterocycles. The number of hydrogen-bond donors (Lipinski definition) is 2. The summed E-state index contributed by atoms with van der Waals surface area (Å²) in [6.07, 6.45) is 0.441. The number of H-pyrrole nitrogens is 1. The number of fused-ring (bicyclic) bond motifs is 1. The lowest BCUT2D eigenvalue weighted by molar-refractivity contribution is -0.0282. The minimum atomic E-state index is 0.162. The fourth-order valence-corrected chi connectivity index (χ4v) is 2.68. The van der Waals surface area contributed by atoms with Crippen LogP contribution in [0.25, 0.3) is 10.9 Å². The van der Waals surface area contributed by atoms with E-state index in [2.05, 4.69) is 48.4 Å². The Labute approximate surface area is 101 Å². The van der Waals surface area contributed by atoms with E-state index in [9.17, 15) is 0 Å². The van der Waals surface area contributed by atoms with Gasteiger partial charge >= 0.3 is 0 Å². The normalized spacial score (nSPS) is 25.3. The number of nitrogens with one attached hydrogen (secondary N) is 2. The summed E-state index contributed by atoms with van der Waals surface area (Å²) in [6, 6.07) is 8.42. The zero-order valence-corrected chi connectivity index (χ0v) is 10.3. The molecule has 0 radical (unpaired) electrons. The molecule has 0 bridgehead atoms. The van der Waals surface area contributed by atoms with E-state index in [0.717, 1.165) is 13.1 Å². The van der Waals surface area contributed by atoms with Crippen molar-refractivity contribution in [1.29, 1.82) is 0 Å². The van der Waals surface area contributed by atoms with Crippen LogP contribution in [0.4, 0.5) is 0 Å². The third-order valence-electron chi connectivity index (χ3n) is 3.42. The Kier molecular flexibility index (Phi) is 2.65. The van der Waals surface area contributed by atoms with Crippen molar-refractivity contribution in [3.8, 4) is 0 Å². The van der Waals surface area contributed by atoms with Crippen LogP contribution in [0.1, 0.15) is 24.3 Å². The summed E-state index contributed by atoms with van der Waals surface area (Å²) in [6.45, 7) is 6.08. The minimum Gasteiger partial charge on any atom is -0.368 e. The average molecular weight is 230 g/mol. The Morgan fingerprint density at radius 1 is 1.24 bits per heavy atom. The van der Waals surface area contributed by atoms with Crippen molar-refractivity contribution in [2.45, 2.75) is 26.1 Å². The van der Waals surface area contributed by atoms with Gasteiger partial charge in [-0.1, -0.05) is 18.2 Å². The Balaban J connectivity index is 2.06. The van der Waals surface area contributed by atoms with Crippen molar-refractivity contribution < 1.29 is 4.74 Å². The molecule has 1 aliphatic rings. The molecule has 0 amide bonds. The molecule has 2 aromatic rings. The first-order valence-corrected chi connectivity index (χ1v) is 6.19. The second-order valence-electron chi connectivity index (χ2n) is 4.80. The van der Waals surface area contributed by atoms with E-state index in [0.29, 0.717) is 0 Å². The average Bonchev–Trinajstić information content (AvgIpc) is 2.64. The summed E-state index contributed by atoms with van der Waals surface area (Å²) in [5.41, 5.74) is 3.72. The molecule has 2 atom stereocenters. The highest BCUT2D eigenvalue weighted by molar-refractivity contribution is 5.85.